The molecule has 1 N–H and O–H groups in total. The Labute approximate surface area is 145 Å². The Morgan fingerprint density at radius 3 is 3.00 bits per heavy atom. The number of hydrogen-bond donors (Lipinski definition) is 1. The lowest BCUT2D eigenvalue weighted by Gasteiger charge is -2.18. The van der Waals surface area contributed by atoms with Crippen LogP contribution in [0.1, 0.15) is 46.6 Å². The van der Waals surface area contributed by atoms with Crippen molar-refractivity contribution in [2.45, 2.75) is 33.1 Å². The van der Waals surface area contributed by atoms with Crippen molar-refractivity contribution in [3.05, 3.63) is 45.8 Å². The summed E-state index contributed by atoms with van der Waals surface area (Å²) >= 11 is 1.56. The van der Waals surface area contributed by atoms with Crippen molar-refractivity contribution in [1.82, 2.24) is 0 Å². The van der Waals surface area contributed by atoms with Gasteiger partial charge in [-0.3, -0.25) is 0 Å². The molecule has 126 valence electrons. The number of hydrogen-bond acceptors (Lipinski definition) is 5. The molecule has 0 unspecified atom stereocenters. The molecule has 3 rings (SSSR count). The molecule has 1 aliphatic carbocycles. The molecular weight excluding hydrogens is 322 g/mol. The first kappa shape index (κ1) is 16.7. The van der Waals surface area contributed by atoms with Gasteiger partial charge in [0.1, 0.15) is 10.8 Å². The number of fused-ring (bicyclic) bond motifs is 1. The molecule has 5 heteroatoms. The molecule has 0 saturated carbocycles. The number of nitrogens with zero attached hydrogens (tertiary/aromatic N) is 1. The van der Waals surface area contributed by atoms with Crippen molar-refractivity contribution in [1.29, 1.82) is 0 Å². The number of ether oxygens (including phenoxy) is 1. The van der Waals surface area contributed by atoms with E-state index in [2.05, 4.69) is 11.9 Å². The Bertz CT molecular complexity index is 779. The fourth-order valence-corrected chi connectivity index (χ4v) is 4.31. The van der Waals surface area contributed by atoms with Crippen molar-refractivity contribution >= 4 is 28.5 Å². The minimum Gasteiger partial charge on any atom is -0.507 e. The Hall–Kier alpha value is -2.14. The van der Waals surface area contributed by atoms with E-state index < -0.39 is 0 Å². The minimum atomic E-state index is -0.297. The van der Waals surface area contributed by atoms with Crippen molar-refractivity contribution in [3.63, 3.8) is 0 Å². The number of carbonyl (C=O) groups excluding carboxylic acids is 1. The quantitative estimate of drug-likeness (QED) is 0.656. The van der Waals surface area contributed by atoms with E-state index in [1.165, 1.54) is 4.88 Å². The highest BCUT2D eigenvalue weighted by Gasteiger charge is 2.28. The molecule has 1 aromatic heterocycles. The molecule has 0 spiro atoms. The van der Waals surface area contributed by atoms with Crippen LogP contribution in [-0.4, -0.2) is 23.9 Å². The average Bonchev–Trinajstić information content (AvgIpc) is 2.91. The summed E-state index contributed by atoms with van der Waals surface area (Å²) in [6, 6.07) is 7.02. The maximum atomic E-state index is 12.4. The molecule has 0 amide bonds. The number of thiophene rings is 1. The summed E-state index contributed by atoms with van der Waals surface area (Å²) in [6.07, 6.45) is 4.57. The van der Waals surface area contributed by atoms with Crippen LogP contribution in [-0.2, 0) is 17.6 Å². The highest BCUT2D eigenvalue weighted by Crippen LogP contribution is 2.41. The van der Waals surface area contributed by atoms with Gasteiger partial charge >= 0.3 is 5.97 Å². The highest BCUT2D eigenvalue weighted by atomic mass is 32.1. The monoisotopic (exact) mass is 343 g/mol. The van der Waals surface area contributed by atoms with Gasteiger partial charge < -0.3 is 9.84 Å². The Morgan fingerprint density at radius 2 is 2.25 bits per heavy atom. The SMILES string of the molecule is CCOC(=O)c1c(/N=C/c2ccccc2O)sc2c1CC[C@@H](C)C2. The largest absolute Gasteiger partial charge is 0.507 e. The normalized spacial score (nSPS) is 17.0. The summed E-state index contributed by atoms with van der Waals surface area (Å²) in [5, 5.41) is 10.5. The molecule has 1 aromatic carbocycles. The molecule has 0 aliphatic heterocycles. The molecule has 0 radical (unpaired) electrons. The molecule has 0 bridgehead atoms. The van der Waals surface area contributed by atoms with Crippen LogP contribution in [0.3, 0.4) is 0 Å². The summed E-state index contributed by atoms with van der Waals surface area (Å²) in [5.41, 5.74) is 2.34. The summed E-state index contributed by atoms with van der Waals surface area (Å²) < 4.78 is 5.24. The van der Waals surface area contributed by atoms with E-state index in [-0.39, 0.29) is 11.7 Å². The van der Waals surface area contributed by atoms with E-state index in [0.29, 0.717) is 28.7 Å². The molecule has 0 fully saturated rings. The van der Waals surface area contributed by atoms with Gasteiger partial charge in [-0.25, -0.2) is 9.79 Å². The Balaban J connectivity index is 2.00. The number of aliphatic imine (C=N–C) groups is 1. The minimum absolute atomic E-state index is 0.175. The standard InChI is InChI=1S/C19H21NO3S/c1-3-23-19(22)17-14-9-8-12(2)10-16(14)24-18(17)20-11-13-6-4-5-7-15(13)21/h4-7,11-12,21H,3,8-10H2,1-2H3/b20-11+/t12-/m1/s1. The number of aromatic hydroxyl groups is 1. The molecular formula is C19H21NO3S. The zero-order valence-electron chi connectivity index (χ0n) is 13.9. The van der Waals surface area contributed by atoms with Gasteiger partial charge in [-0.1, -0.05) is 19.1 Å². The lowest BCUT2D eigenvalue weighted by Crippen LogP contribution is -2.13. The van der Waals surface area contributed by atoms with Crippen LogP contribution in [0.2, 0.25) is 0 Å². The van der Waals surface area contributed by atoms with Gasteiger partial charge in [-0.15, -0.1) is 11.3 Å². The molecule has 4 nitrogen and oxygen atoms in total. The van der Waals surface area contributed by atoms with Crippen LogP contribution in [0.15, 0.2) is 29.3 Å². The van der Waals surface area contributed by atoms with E-state index >= 15 is 0 Å². The van der Waals surface area contributed by atoms with Gasteiger partial charge in [0.05, 0.1) is 12.2 Å². The Kier molecular flexibility index (Phi) is 5.00. The van der Waals surface area contributed by atoms with E-state index in [1.807, 2.05) is 13.0 Å². The second kappa shape index (κ2) is 7.18. The van der Waals surface area contributed by atoms with E-state index in [4.69, 9.17) is 4.74 Å². The molecule has 0 saturated heterocycles. The maximum absolute atomic E-state index is 12.4. The van der Waals surface area contributed by atoms with Crippen LogP contribution in [0.25, 0.3) is 0 Å². The van der Waals surface area contributed by atoms with Crippen molar-refractivity contribution < 1.29 is 14.6 Å². The number of rotatable bonds is 4. The molecule has 24 heavy (non-hydrogen) atoms. The van der Waals surface area contributed by atoms with Crippen molar-refractivity contribution in [2.75, 3.05) is 6.61 Å². The number of phenols is 1. The van der Waals surface area contributed by atoms with Gasteiger partial charge in [0.25, 0.3) is 0 Å². The highest BCUT2D eigenvalue weighted by molar-refractivity contribution is 7.16. The first-order chi connectivity index (χ1) is 11.6. The predicted molar refractivity (Wildman–Crippen MR) is 96.8 cm³/mol. The Morgan fingerprint density at radius 1 is 1.46 bits per heavy atom. The van der Waals surface area contributed by atoms with Crippen molar-refractivity contribution in [3.8, 4) is 5.75 Å². The van der Waals surface area contributed by atoms with Gasteiger partial charge in [-0.05, 0) is 49.8 Å². The smallest absolute Gasteiger partial charge is 0.341 e. The van der Waals surface area contributed by atoms with Crippen LogP contribution in [0.4, 0.5) is 5.00 Å². The zero-order valence-corrected chi connectivity index (χ0v) is 14.7. The van der Waals surface area contributed by atoms with E-state index in [1.54, 1.807) is 35.8 Å². The van der Waals surface area contributed by atoms with Gasteiger partial charge in [0, 0.05) is 16.7 Å². The summed E-state index contributed by atoms with van der Waals surface area (Å²) in [6.45, 7) is 4.39. The zero-order chi connectivity index (χ0) is 17.1. The fraction of sp³-hybridized carbons (Fsp3) is 0.368. The van der Waals surface area contributed by atoms with Gasteiger partial charge in [0.2, 0.25) is 0 Å². The number of phenolic OH excluding ortho intramolecular Hbond substituents is 1. The molecule has 1 heterocycles. The number of para-hydroxylation sites is 1. The lowest BCUT2D eigenvalue weighted by molar-refractivity contribution is 0.0526. The lowest BCUT2D eigenvalue weighted by atomic mass is 9.88. The summed E-state index contributed by atoms with van der Waals surface area (Å²) in [4.78, 5) is 18.2. The second-order valence-electron chi connectivity index (χ2n) is 6.07. The number of esters is 1. The van der Waals surface area contributed by atoms with E-state index in [9.17, 15) is 9.90 Å². The van der Waals surface area contributed by atoms with Crippen LogP contribution >= 0.6 is 11.3 Å². The third kappa shape index (κ3) is 3.36. The third-order valence-electron chi connectivity index (χ3n) is 4.23. The molecule has 1 atom stereocenters. The van der Waals surface area contributed by atoms with Crippen LogP contribution < -0.4 is 0 Å². The number of benzene rings is 1. The molecule has 2 aromatic rings. The molecule has 1 aliphatic rings. The van der Waals surface area contributed by atoms with Crippen LogP contribution in [0, 0.1) is 5.92 Å². The fourth-order valence-electron chi connectivity index (χ4n) is 2.97. The average molecular weight is 343 g/mol. The number of carbonyl (C=O) groups is 1. The summed E-state index contributed by atoms with van der Waals surface area (Å²) in [7, 11) is 0. The first-order valence-electron chi connectivity index (χ1n) is 8.23. The predicted octanol–water partition coefficient (Wildman–Crippen LogP) is 4.51. The topological polar surface area (TPSA) is 58.9 Å². The van der Waals surface area contributed by atoms with Crippen molar-refractivity contribution in [2.24, 2.45) is 10.9 Å². The van der Waals surface area contributed by atoms with E-state index in [0.717, 1.165) is 24.8 Å². The summed E-state index contributed by atoms with van der Waals surface area (Å²) in [5.74, 6) is 0.504. The maximum Gasteiger partial charge on any atom is 0.341 e. The second-order valence-corrected chi connectivity index (χ2v) is 7.15. The third-order valence-corrected chi connectivity index (χ3v) is 5.39. The van der Waals surface area contributed by atoms with Gasteiger partial charge in [0.15, 0.2) is 0 Å². The van der Waals surface area contributed by atoms with Crippen LogP contribution in [0.5, 0.6) is 5.75 Å². The van der Waals surface area contributed by atoms with Gasteiger partial charge in [-0.2, -0.15) is 0 Å². The first-order valence-corrected chi connectivity index (χ1v) is 9.05.